The number of hydrogen-bond donors (Lipinski definition) is 2. The largest absolute Gasteiger partial charge is 0.464 e. The second-order valence-electron chi connectivity index (χ2n) is 6.72. The molecular formula is C22H24N2O3. The summed E-state index contributed by atoms with van der Waals surface area (Å²) in [6, 6.07) is 11.1. The standard InChI is InChI=1S/C22H24N2O3/c1-4-9-23-22(26)17-7-5-6-8-19(17)24-21(25)12-16-13-27-20-11-15(3)14(2)10-18(16)20/h5-8,10-11,13H,4,9,12H2,1-3H3,(H,23,26)(H,24,25). The number of aryl methyl sites for hydroxylation is 2. The van der Waals surface area contributed by atoms with Gasteiger partial charge in [-0.2, -0.15) is 0 Å². The number of anilines is 1. The molecule has 0 unspecified atom stereocenters. The van der Waals surface area contributed by atoms with Gasteiger partial charge in [0.2, 0.25) is 5.91 Å². The number of rotatable bonds is 6. The van der Waals surface area contributed by atoms with Gasteiger partial charge in [-0.1, -0.05) is 19.1 Å². The highest BCUT2D eigenvalue weighted by Gasteiger charge is 2.15. The monoisotopic (exact) mass is 364 g/mol. The van der Waals surface area contributed by atoms with Crippen molar-refractivity contribution in [3.8, 4) is 0 Å². The Morgan fingerprint density at radius 3 is 2.59 bits per heavy atom. The Balaban J connectivity index is 1.77. The molecule has 5 nitrogen and oxygen atoms in total. The second-order valence-corrected chi connectivity index (χ2v) is 6.72. The van der Waals surface area contributed by atoms with Gasteiger partial charge in [0.25, 0.3) is 5.91 Å². The highest BCUT2D eigenvalue weighted by Crippen LogP contribution is 2.25. The van der Waals surface area contributed by atoms with Crippen molar-refractivity contribution in [2.24, 2.45) is 0 Å². The number of fused-ring (bicyclic) bond motifs is 1. The van der Waals surface area contributed by atoms with E-state index in [0.29, 0.717) is 17.8 Å². The third-order valence-corrected chi connectivity index (χ3v) is 4.60. The van der Waals surface area contributed by atoms with Crippen molar-refractivity contribution in [2.45, 2.75) is 33.6 Å². The quantitative estimate of drug-likeness (QED) is 0.682. The fourth-order valence-electron chi connectivity index (χ4n) is 2.96. The zero-order chi connectivity index (χ0) is 19.4. The predicted molar refractivity (Wildman–Crippen MR) is 107 cm³/mol. The molecule has 2 aromatic carbocycles. The smallest absolute Gasteiger partial charge is 0.253 e. The van der Waals surface area contributed by atoms with Crippen molar-refractivity contribution >= 4 is 28.5 Å². The maximum Gasteiger partial charge on any atom is 0.253 e. The third kappa shape index (κ3) is 4.19. The summed E-state index contributed by atoms with van der Waals surface area (Å²) in [6.07, 6.45) is 2.66. The predicted octanol–water partition coefficient (Wildman–Crippen LogP) is 4.37. The van der Waals surface area contributed by atoms with Gasteiger partial charge < -0.3 is 15.1 Å². The molecule has 0 saturated heterocycles. The first-order valence-electron chi connectivity index (χ1n) is 9.14. The fraction of sp³-hybridized carbons (Fsp3) is 0.273. The minimum Gasteiger partial charge on any atom is -0.464 e. The minimum absolute atomic E-state index is 0.181. The molecule has 2 N–H and O–H groups in total. The van der Waals surface area contributed by atoms with Gasteiger partial charge in [0.1, 0.15) is 5.58 Å². The van der Waals surface area contributed by atoms with Gasteiger partial charge >= 0.3 is 0 Å². The van der Waals surface area contributed by atoms with E-state index in [-0.39, 0.29) is 18.2 Å². The molecule has 0 saturated carbocycles. The molecule has 27 heavy (non-hydrogen) atoms. The van der Waals surface area contributed by atoms with Gasteiger partial charge in [-0.3, -0.25) is 9.59 Å². The molecule has 0 radical (unpaired) electrons. The molecule has 3 aromatic rings. The minimum atomic E-state index is -0.188. The van der Waals surface area contributed by atoms with Crippen LogP contribution in [0.25, 0.3) is 11.0 Å². The zero-order valence-corrected chi connectivity index (χ0v) is 15.9. The fourth-order valence-corrected chi connectivity index (χ4v) is 2.96. The summed E-state index contributed by atoms with van der Waals surface area (Å²) in [5.74, 6) is -0.376. The van der Waals surface area contributed by atoms with Gasteiger partial charge in [-0.05, 0) is 55.7 Å². The Bertz CT molecular complexity index is 988. The SMILES string of the molecule is CCCNC(=O)c1ccccc1NC(=O)Cc1coc2cc(C)c(C)cc12. The lowest BCUT2D eigenvalue weighted by Crippen LogP contribution is -2.26. The van der Waals surface area contributed by atoms with E-state index < -0.39 is 0 Å². The van der Waals surface area contributed by atoms with E-state index in [9.17, 15) is 9.59 Å². The Hall–Kier alpha value is -3.08. The number of para-hydroxylation sites is 1. The molecule has 5 heteroatoms. The molecule has 0 aliphatic heterocycles. The van der Waals surface area contributed by atoms with Crippen LogP contribution in [0.5, 0.6) is 0 Å². The lowest BCUT2D eigenvalue weighted by Gasteiger charge is -2.11. The van der Waals surface area contributed by atoms with Crippen LogP contribution in [0.4, 0.5) is 5.69 Å². The molecule has 0 atom stereocenters. The molecule has 1 aromatic heterocycles. The van der Waals surface area contributed by atoms with E-state index in [1.54, 1.807) is 30.5 Å². The van der Waals surface area contributed by atoms with E-state index in [2.05, 4.69) is 10.6 Å². The number of hydrogen-bond acceptors (Lipinski definition) is 3. The third-order valence-electron chi connectivity index (χ3n) is 4.60. The summed E-state index contributed by atoms with van der Waals surface area (Å²) in [5.41, 5.74) is 4.89. The summed E-state index contributed by atoms with van der Waals surface area (Å²) in [5, 5.41) is 6.64. The maximum absolute atomic E-state index is 12.6. The van der Waals surface area contributed by atoms with Crippen LogP contribution in [0, 0.1) is 13.8 Å². The van der Waals surface area contributed by atoms with Crippen LogP contribution in [0.15, 0.2) is 47.1 Å². The Morgan fingerprint density at radius 2 is 1.81 bits per heavy atom. The van der Waals surface area contributed by atoms with Crippen LogP contribution in [0.2, 0.25) is 0 Å². The number of carbonyl (C=O) groups is 2. The molecule has 0 fully saturated rings. The van der Waals surface area contributed by atoms with Gasteiger partial charge in [-0.15, -0.1) is 0 Å². The summed E-state index contributed by atoms with van der Waals surface area (Å²) in [7, 11) is 0. The molecule has 0 bridgehead atoms. The van der Waals surface area contributed by atoms with Gasteiger partial charge in [0, 0.05) is 17.5 Å². The van der Waals surface area contributed by atoms with Crippen LogP contribution < -0.4 is 10.6 Å². The molecule has 0 aliphatic carbocycles. The highest BCUT2D eigenvalue weighted by molar-refractivity contribution is 6.04. The number of carbonyl (C=O) groups excluding carboxylic acids is 2. The van der Waals surface area contributed by atoms with Crippen molar-refractivity contribution < 1.29 is 14.0 Å². The zero-order valence-electron chi connectivity index (χ0n) is 15.9. The average Bonchev–Trinajstić information content (AvgIpc) is 3.02. The lowest BCUT2D eigenvalue weighted by atomic mass is 10.0. The number of furan rings is 1. The molecule has 140 valence electrons. The summed E-state index contributed by atoms with van der Waals surface area (Å²) >= 11 is 0. The van der Waals surface area contributed by atoms with Crippen LogP contribution >= 0.6 is 0 Å². The first-order valence-corrected chi connectivity index (χ1v) is 9.14. The van der Waals surface area contributed by atoms with Crippen LogP contribution in [0.1, 0.15) is 40.4 Å². The van der Waals surface area contributed by atoms with Crippen molar-refractivity contribution in [1.82, 2.24) is 5.32 Å². The second kappa shape index (κ2) is 8.08. The average molecular weight is 364 g/mol. The Morgan fingerprint density at radius 1 is 1.07 bits per heavy atom. The van der Waals surface area contributed by atoms with Crippen molar-refractivity contribution in [3.05, 3.63) is 64.9 Å². The number of nitrogens with one attached hydrogen (secondary N) is 2. The number of amides is 2. The normalized spacial score (nSPS) is 10.8. The van der Waals surface area contributed by atoms with Crippen molar-refractivity contribution in [3.63, 3.8) is 0 Å². The number of benzene rings is 2. The first-order chi connectivity index (χ1) is 13.0. The van der Waals surface area contributed by atoms with Crippen LogP contribution in [0.3, 0.4) is 0 Å². The van der Waals surface area contributed by atoms with E-state index in [0.717, 1.165) is 34.1 Å². The topological polar surface area (TPSA) is 71.3 Å². The first kappa shape index (κ1) is 18.7. The lowest BCUT2D eigenvalue weighted by molar-refractivity contribution is -0.115. The molecule has 0 aliphatic rings. The molecular weight excluding hydrogens is 340 g/mol. The van der Waals surface area contributed by atoms with Crippen LogP contribution in [-0.2, 0) is 11.2 Å². The van der Waals surface area contributed by atoms with Gasteiger partial charge in [0.05, 0.1) is 23.9 Å². The highest BCUT2D eigenvalue weighted by atomic mass is 16.3. The Labute approximate surface area is 158 Å². The van der Waals surface area contributed by atoms with E-state index >= 15 is 0 Å². The summed E-state index contributed by atoms with van der Waals surface area (Å²) < 4.78 is 5.60. The summed E-state index contributed by atoms with van der Waals surface area (Å²) in [6.45, 7) is 6.66. The van der Waals surface area contributed by atoms with E-state index in [4.69, 9.17) is 4.42 Å². The molecule has 1 heterocycles. The van der Waals surface area contributed by atoms with Gasteiger partial charge in [0.15, 0.2) is 0 Å². The van der Waals surface area contributed by atoms with Crippen molar-refractivity contribution in [1.29, 1.82) is 0 Å². The molecule has 0 spiro atoms. The van der Waals surface area contributed by atoms with E-state index in [1.165, 1.54) is 0 Å². The summed E-state index contributed by atoms with van der Waals surface area (Å²) in [4.78, 5) is 24.9. The Kier molecular flexibility index (Phi) is 5.60. The van der Waals surface area contributed by atoms with E-state index in [1.807, 2.05) is 32.9 Å². The maximum atomic E-state index is 12.6. The van der Waals surface area contributed by atoms with Crippen LogP contribution in [-0.4, -0.2) is 18.4 Å². The molecule has 2 amide bonds. The molecule has 3 rings (SSSR count). The van der Waals surface area contributed by atoms with Gasteiger partial charge in [-0.25, -0.2) is 0 Å². The van der Waals surface area contributed by atoms with Crippen molar-refractivity contribution in [2.75, 3.05) is 11.9 Å².